The topological polar surface area (TPSA) is 26.0 Å². The van der Waals surface area contributed by atoms with Gasteiger partial charge in [0.2, 0.25) is 0 Å². The molecule has 3 unspecified atom stereocenters. The van der Waals surface area contributed by atoms with Crippen LogP contribution in [0.4, 0.5) is 0 Å². The Bertz CT molecular complexity index is 567. The van der Waals surface area contributed by atoms with Gasteiger partial charge in [0.15, 0.2) is 0 Å². The molecule has 0 saturated heterocycles. The van der Waals surface area contributed by atoms with Gasteiger partial charge in [-0.3, -0.25) is 0 Å². The van der Waals surface area contributed by atoms with E-state index in [1.807, 2.05) is 12.1 Å². The summed E-state index contributed by atoms with van der Waals surface area (Å²) >= 11 is 6.06. The third kappa shape index (κ3) is 3.05. The molecule has 0 bridgehead atoms. The van der Waals surface area contributed by atoms with E-state index >= 15 is 0 Å². The minimum Gasteiger partial charge on any atom is -0.330 e. The maximum absolute atomic E-state index is 6.06. The van der Waals surface area contributed by atoms with Gasteiger partial charge in [-0.2, -0.15) is 0 Å². The highest BCUT2D eigenvalue weighted by Gasteiger charge is 2.42. The van der Waals surface area contributed by atoms with Gasteiger partial charge in [-0.1, -0.05) is 54.1 Å². The zero-order valence-corrected chi connectivity index (χ0v) is 12.3. The summed E-state index contributed by atoms with van der Waals surface area (Å²) in [4.78, 5) is 0. The lowest BCUT2D eigenvalue weighted by atomic mass is 9.92. The van der Waals surface area contributed by atoms with E-state index in [2.05, 4.69) is 42.5 Å². The Morgan fingerprint density at radius 2 is 1.90 bits per heavy atom. The van der Waals surface area contributed by atoms with Crippen molar-refractivity contribution in [1.29, 1.82) is 0 Å². The van der Waals surface area contributed by atoms with Gasteiger partial charge < -0.3 is 5.73 Å². The van der Waals surface area contributed by atoms with Crippen molar-refractivity contribution in [2.24, 2.45) is 17.6 Å². The number of rotatable bonds is 5. The summed E-state index contributed by atoms with van der Waals surface area (Å²) in [5.74, 6) is 1.98. The third-order valence-corrected chi connectivity index (χ3v) is 4.60. The second kappa shape index (κ2) is 5.99. The molecule has 2 aromatic rings. The molecular weight excluding hydrogens is 266 g/mol. The Hall–Kier alpha value is -1.31. The average Bonchev–Trinajstić information content (AvgIpc) is 3.26. The Kier molecular flexibility index (Phi) is 4.09. The van der Waals surface area contributed by atoms with E-state index in [1.165, 1.54) is 17.5 Å². The van der Waals surface area contributed by atoms with Crippen LogP contribution in [0.5, 0.6) is 0 Å². The second-order valence-electron chi connectivity index (χ2n) is 5.75. The van der Waals surface area contributed by atoms with Crippen molar-refractivity contribution >= 4 is 11.6 Å². The summed E-state index contributed by atoms with van der Waals surface area (Å²) in [6.07, 6.45) is 2.30. The van der Waals surface area contributed by atoms with Gasteiger partial charge in [-0.25, -0.2) is 0 Å². The molecule has 1 saturated carbocycles. The van der Waals surface area contributed by atoms with Crippen molar-refractivity contribution < 1.29 is 0 Å². The van der Waals surface area contributed by atoms with E-state index in [1.54, 1.807) is 0 Å². The summed E-state index contributed by atoms with van der Waals surface area (Å²) in [6.45, 7) is 0.751. The van der Waals surface area contributed by atoms with E-state index in [0.29, 0.717) is 11.8 Å². The fourth-order valence-corrected chi connectivity index (χ4v) is 3.41. The van der Waals surface area contributed by atoms with Crippen molar-refractivity contribution in [3.05, 3.63) is 70.7 Å². The highest BCUT2D eigenvalue weighted by Crippen LogP contribution is 2.52. The number of hydrogen-bond donors (Lipinski definition) is 1. The van der Waals surface area contributed by atoms with E-state index in [0.717, 1.165) is 23.9 Å². The molecule has 0 radical (unpaired) electrons. The first-order chi connectivity index (χ1) is 9.78. The van der Waals surface area contributed by atoms with Crippen LogP contribution in [0.15, 0.2) is 54.6 Å². The van der Waals surface area contributed by atoms with Crippen LogP contribution < -0.4 is 5.73 Å². The number of halogens is 1. The van der Waals surface area contributed by atoms with Crippen molar-refractivity contribution in [1.82, 2.24) is 0 Å². The van der Waals surface area contributed by atoms with E-state index in [9.17, 15) is 0 Å². The average molecular weight is 286 g/mol. The Morgan fingerprint density at radius 1 is 1.10 bits per heavy atom. The molecule has 3 atom stereocenters. The third-order valence-electron chi connectivity index (χ3n) is 4.36. The standard InChI is InChI=1S/C18H20ClN/c19-16-8-4-5-13(10-16)9-15(12-20)18-11-17(18)14-6-2-1-3-7-14/h1-8,10,15,17-18H,9,11-12,20H2. The molecule has 0 amide bonds. The predicted molar refractivity (Wildman–Crippen MR) is 85.0 cm³/mol. The Balaban J connectivity index is 1.67. The van der Waals surface area contributed by atoms with Crippen LogP contribution >= 0.6 is 11.6 Å². The molecule has 3 rings (SSSR count). The van der Waals surface area contributed by atoms with E-state index in [-0.39, 0.29) is 0 Å². The van der Waals surface area contributed by atoms with Crippen LogP contribution in [0.3, 0.4) is 0 Å². The molecule has 1 aliphatic rings. The number of hydrogen-bond acceptors (Lipinski definition) is 1. The first-order valence-electron chi connectivity index (χ1n) is 7.27. The molecule has 0 aliphatic heterocycles. The van der Waals surface area contributed by atoms with Gasteiger partial charge in [0.1, 0.15) is 0 Å². The van der Waals surface area contributed by atoms with Crippen molar-refractivity contribution in [2.45, 2.75) is 18.8 Å². The van der Waals surface area contributed by atoms with Crippen LogP contribution in [0.1, 0.15) is 23.5 Å². The molecule has 104 valence electrons. The van der Waals surface area contributed by atoms with Crippen LogP contribution in [-0.4, -0.2) is 6.54 Å². The fourth-order valence-electron chi connectivity index (χ4n) is 3.20. The molecule has 2 N–H and O–H groups in total. The van der Waals surface area contributed by atoms with Crippen LogP contribution in [0, 0.1) is 11.8 Å². The molecule has 0 heterocycles. The second-order valence-corrected chi connectivity index (χ2v) is 6.18. The summed E-state index contributed by atoms with van der Waals surface area (Å²) in [5.41, 5.74) is 8.76. The molecule has 1 aliphatic carbocycles. The van der Waals surface area contributed by atoms with Crippen LogP contribution in [0.2, 0.25) is 5.02 Å². The van der Waals surface area contributed by atoms with Gasteiger partial charge >= 0.3 is 0 Å². The molecule has 2 aromatic carbocycles. The molecule has 20 heavy (non-hydrogen) atoms. The monoisotopic (exact) mass is 285 g/mol. The lowest BCUT2D eigenvalue weighted by Crippen LogP contribution is -2.19. The minimum atomic E-state index is 0.554. The van der Waals surface area contributed by atoms with Crippen LogP contribution in [-0.2, 0) is 6.42 Å². The summed E-state index contributed by atoms with van der Waals surface area (Å²) in [6, 6.07) is 18.9. The van der Waals surface area contributed by atoms with E-state index < -0.39 is 0 Å². The smallest absolute Gasteiger partial charge is 0.0408 e. The van der Waals surface area contributed by atoms with Gasteiger partial charge in [-0.05, 0) is 60.4 Å². The largest absolute Gasteiger partial charge is 0.330 e. The highest BCUT2D eigenvalue weighted by atomic mass is 35.5. The van der Waals surface area contributed by atoms with Gasteiger partial charge in [-0.15, -0.1) is 0 Å². The molecule has 0 aromatic heterocycles. The van der Waals surface area contributed by atoms with E-state index in [4.69, 9.17) is 17.3 Å². The predicted octanol–water partition coefficient (Wildman–Crippen LogP) is 4.26. The molecule has 1 fully saturated rings. The first-order valence-corrected chi connectivity index (χ1v) is 7.65. The van der Waals surface area contributed by atoms with Crippen molar-refractivity contribution in [3.8, 4) is 0 Å². The van der Waals surface area contributed by atoms with Gasteiger partial charge in [0.25, 0.3) is 0 Å². The first kappa shape index (κ1) is 13.7. The quantitative estimate of drug-likeness (QED) is 0.873. The minimum absolute atomic E-state index is 0.554. The van der Waals surface area contributed by atoms with Gasteiger partial charge in [0, 0.05) is 5.02 Å². The summed E-state index contributed by atoms with van der Waals surface area (Å²) in [7, 11) is 0. The summed E-state index contributed by atoms with van der Waals surface area (Å²) in [5, 5.41) is 0.814. The normalized spacial score (nSPS) is 22.5. The number of nitrogens with two attached hydrogens (primary N) is 1. The van der Waals surface area contributed by atoms with Crippen LogP contribution in [0.25, 0.3) is 0 Å². The maximum atomic E-state index is 6.06. The fraction of sp³-hybridized carbons (Fsp3) is 0.333. The Labute approximate surface area is 125 Å². The number of benzene rings is 2. The highest BCUT2D eigenvalue weighted by molar-refractivity contribution is 6.30. The Morgan fingerprint density at radius 3 is 2.60 bits per heavy atom. The zero-order valence-electron chi connectivity index (χ0n) is 11.5. The summed E-state index contributed by atoms with van der Waals surface area (Å²) < 4.78 is 0. The zero-order chi connectivity index (χ0) is 13.9. The lowest BCUT2D eigenvalue weighted by Gasteiger charge is -2.15. The lowest BCUT2D eigenvalue weighted by molar-refractivity contribution is 0.461. The molecular formula is C18H20ClN. The maximum Gasteiger partial charge on any atom is 0.0408 e. The molecule has 1 nitrogen and oxygen atoms in total. The van der Waals surface area contributed by atoms with Gasteiger partial charge in [0.05, 0.1) is 0 Å². The van der Waals surface area contributed by atoms with Crippen molar-refractivity contribution in [2.75, 3.05) is 6.54 Å². The molecule has 0 spiro atoms. The molecule has 2 heteroatoms. The SMILES string of the molecule is NCC(Cc1cccc(Cl)c1)C1CC1c1ccccc1. The van der Waals surface area contributed by atoms with Crippen molar-refractivity contribution in [3.63, 3.8) is 0 Å².